The molecule has 1 aliphatic carbocycles. The van der Waals surface area contributed by atoms with Crippen LogP contribution in [-0.2, 0) is 14.1 Å². The van der Waals surface area contributed by atoms with Crippen LogP contribution in [0, 0.1) is 5.82 Å². The van der Waals surface area contributed by atoms with Crippen LogP contribution >= 0.6 is 11.8 Å². The summed E-state index contributed by atoms with van der Waals surface area (Å²) in [5.74, 6) is 0.321. The van der Waals surface area contributed by atoms with E-state index in [1.54, 1.807) is 31.0 Å². The van der Waals surface area contributed by atoms with Gasteiger partial charge in [0.1, 0.15) is 17.3 Å². The molecule has 11 heteroatoms. The Bertz CT molecular complexity index is 1530. The molecular formula is C25H26FN7O2S. The largest absolute Gasteiger partial charge is 0.324 e. The Labute approximate surface area is 211 Å². The van der Waals surface area contributed by atoms with Gasteiger partial charge in [-0.1, -0.05) is 30.7 Å². The van der Waals surface area contributed by atoms with Gasteiger partial charge in [-0.3, -0.25) is 19.4 Å². The van der Waals surface area contributed by atoms with Crippen molar-refractivity contribution in [2.45, 2.75) is 36.8 Å². The summed E-state index contributed by atoms with van der Waals surface area (Å²) in [6, 6.07) is 7.13. The number of carbonyl (C=O) groups excluding carboxylic acids is 1. The molecule has 0 saturated heterocycles. The molecule has 1 fully saturated rings. The summed E-state index contributed by atoms with van der Waals surface area (Å²) < 4.78 is 17.7. The Kier molecular flexibility index (Phi) is 6.48. The van der Waals surface area contributed by atoms with Gasteiger partial charge >= 0.3 is 6.03 Å². The van der Waals surface area contributed by atoms with E-state index in [-0.39, 0.29) is 11.2 Å². The highest BCUT2D eigenvalue weighted by Crippen LogP contribution is 2.34. The molecule has 3 heterocycles. The van der Waals surface area contributed by atoms with Crippen LogP contribution in [0.4, 0.5) is 20.7 Å². The minimum atomic E-state index is -0.615. The highest BCUT2D eigenvalue weighted by molar-refractivity contribution is 7.98. The third kappa shape index (κ3) is 4.58. The van der Waals surface area contributed by atoms with Gasteiger partial charge in [0.05, 0.1) is 11.4 Å². The second-order valence-corrected chi connectivity index (χ2v) is 9.66. The van der Waals surface area contributed by atoms with Gasteiger partial charge < -0.3 is 5.32 Å². The first-order chi connectivity index (χ1) is 17.3. The fourth-order valence-corrected chi connectivity index (χ4v) is 4.96. The highest BCUT2D eigenvalue weighted by Gasteiger charge is 2.21. The van der Waals surface area contributed by atoms with E-state index >= 15 is 0 Å². The lowest BCUT2D eigenvalue weighted by atomic mass is 10.0. The summed E-state index contributed by atoms with van der Waals surface area (Å²) in [7, 11) is 3.39. The van der Waals surface area contributed by atoms with Crippen molar-refractivity contribution in [3.8, 4) is 11.1 Å². The maximum absolute atomic E-state index is 14.6. The summed E-state index contributed by atoms with van der Waals surface area (Å²) in [5, 5.41) is 11.1. The van der Waals surface area contributed by atoms with Crippen LogP contribution in [0.3, 0.4) is 0 Å². The predicted molar refractivity (Wildman–Crippen MR) is 139 cm³/mol. The number of rotatable bonds is 5. The lowest BCUT2D eigenvalue weighted by Gasteiger charge is -2.12. The topological polar surface area (TPSA) is 107 Å². The molecule has 0 atom stereocenters. The molecule has 0 aliphatic heterocycles. The van der Waals surface area contributed by atoms with Crippen LogP contribution in [0.5, 0.6) is 0 Å². The second kappa shape index (κ2) is 9.73. The Hall–Kier alpha value is -3.73. The SMILES string of the molecule is CSc1ncc2cc(-c3ccc(F)c(NC(=O)Nc4cc(C5CCCC5)nn4C)c3)c(=O)n(C)c2n1. The van der Waals surface area contributed by atoms with Crippen molar-refractivity contribution in [2.75, 3.05) is 16.9 Å². The van der Waals surface area contributed by atoms with Crippen LogP contribution in [0.1, 0.15) is 37.3 Å². The van der Waals surface area contributed by atoms with Crippen LogP contribution < -0.4 is 16.2 Å². The first kappa shape index (κ1) is 24.0. The number of thioether (sulfide) groups is 1. The second-order valence-electron chi connectivity index (χ2n) is 8.89. The van der Waals surface area contributed by atoms with Gasteiger partial charge in [0.25, 0.3) is 5.56 Å². The van der Waals surface area contributed by atoms with Crippen LogP contribution in [-0.4, -0.2) is 36.6 Å². The fourth-order valence-electron chi connectivity index (χ4n) is 4.62. The van der Waals surface area contributed by atoms with E-state index in [4.69, 9.17) is 0 Å². The van der Waals surface area contributed by atoms with E-state index < -0.39 is 11.8 Å². The molecule has 1 aliphatic rings. The van der Waals surface area contributed by atoms with Crippen molar-refractivity contribution in [2.24, 2.45) is 14.1 Å². The van der Waals surface area contributed by atoms with E-state index in [0.717, 1.165) is 18.5 Å². The number of anilines is 2. The van der Waals surface area contributed by atoms with Crippen molar-refractivity contribution in [1.82, 2.24) is 24.3 Å². The molecule has 9 nitrogen and oxygen atoms in total. The van der Waals surface area contributed by atoms with Crippen molar-refractivity contribution in [3.05, 3.63) is 58.4 Å². The number of halogens is 1. The maximum Gasteiger partial charge on any atom is 0.324 e. The molecule has 0 radical (unpaired) electrons. The van der Waals surface area contributed by atoms with Gasteiger partial charge in [-0.05, 0) is 42.9 Å². The average Bonchev–Trinajstić information content (AvgIpc) is 3.53. The average molecular weight is 508 g/mol. The first-order valence-corrected chi connectivity index (χ1v) is 12.9. The zero-order valence-electron chi connectivity index (χ0n) is 20.2. The lowest BCUT2D eigenvalue weighted by Crippen LogP contribution is -2.22. The number of nitrogens with one attached hydrogen (secondary N) is 2. The molecule has 1 aromatic carbocycles. The Morgan fingerprint density at radius 1 is 1.14 bits per heavy atom. The van der Waals surface area contributed by atoms with E-state index in [1.807, 2.05) is 12.3 Å². The number of aryl methyl sites for hydroxylation is 2. The minimum absolute atomic E-state index is 0.0423. The third-order valence-corrected chi connectivity index (χ3v) is 7.11. The molecule has 36 heavy (non-hydrogen) atoms. The minimum Gasteiger partial charge on any atom is -0.305 e. The molecule has 0 unspecified atom stereocenters. The Balaban J connectivity index is 1.40. The van der Waals surface area contributed by atoms with Crippen molar-refractivity contribution in [1.29, 1.82) is 0 Å². The monoisotopic (exact) mass is 507 g/mol. The van der Waals surface area contributed by atoms with Crippen molar-refractivity contribution >= 4 is 40.3 Å². The standard InChI is InChI=1S/C25H26FN7O2S/c1-32-22-16(13-27-25(30-22)36-3)10-17(23(32)34)15-8-9-18(26)20(11-15)28-24(35)29-21-12-19(31-33(21)2)14-6-4-5-7-14/h8-14H,4-7H2,1-3H3,(H2,28,29,35). The molecule has 3 aromatic heterocycles. The van der Waals surface area contributed by atoms with Gasteiger partial charge in [-0.2, -0.15) is 5.10 Å². The number of hydrogen-bond donors (Lipinski definition) is 2. The van der Waals surface area contributed by atoms with E-state index in [1.165, 1.54) is 47.4 Å². The van der Waals surface area contributed by atoms with Gasteiger partial charge in [-0.15, -0.1) is 0 Å². The number of aromatic nitrogens is 5. The van der Waals surface area contributed by atoms with E-state index in [9.17, 15) is 14.0 Å². The van der Waals surface area contributed by atoms with Gasteiger partial charge in [0, 0.05) is 43.2 Å². The number of benzene rings is 1. The number of pyridine rings is 1. The summed E-state index contributed by atoms with van der Waals surface area (Å²) in [6.45, 7) is 0. The van der Waals surface area contributed by atoms with Crippen LogP contribution in [0.15, 0.2) is 46.5 Å². The van der Waals surface area contributed by atoms with E-state index in [2.05, 4.69) is 25.7 Å². The Morgan fingerprint density at radius 2 is 1.92 bits per heavy atom. The zero-order valence-corrected chi connectivity index (χ0v) is 21.0. The zero-order chi connectivity index (χ0) is 25.4. The molecular weight excluding hydrogens is 481 g/mol. The van der Waals surface area contributed by atoms with Crippen LogP contribution in [0.2, 0.25) is 0 Å². The fraction of sp³-hybridized carbons (Fsp3) is 0.320. The van der Waals surface area contributed by atoms with E-state index in [0.29, 0.717) is 39.1 Å². The van der Waals surface area contributed by atoms with Gasteiger partial charge in [0.15, 0.2) is 5.16 Å². The van der Waals surface area contributed by atoms with Gasteiger partial charge in [-0.25, -0.2) is 19.2 Å². The summed E-state index contributed by atoms with van der Waals surface area (Å²) in [6.07, 6.45) is 8.08. The van der Waals surface area contributed by atoms with Gasteiger partial charge in [0.2, 0.25) is 0 Å². The number of hydrogen-bond acceptors (Lipinski definition) is 6. The molecule has 2 amide bonds. The molecule has 186 valence electrons. The summed E-state index contributed by atoms with van der Waals surface area (Å²) in [4.78, 5) is 34.5. The molecule has 2 N–H and O–H groups in total. The number of fused-ring (bicyclic) bond motifs is 1. The molecule has 4 aromatic rings. The number of amides is 2. The third-order valence-electron chi connectivity index (χ3n) is 6.55. The molecule has 0 spiro atoms. The smallest absolute Gasteiger partial charge is 0.305 e. The molecule has 0 bridgehead atoms. The number of nitrogens with zero attached hydrogens (tertiary/aromatic N) is 5. The van der Waals surface area contributed by atoms with Crippen molar-refractivity contribution in [3.63, 3.8) is 0 Å². The molecule has 1 saturated carbocycles. The summed E-state index contributed by atoms with van der Waals surface area (Å²) in [5.41, 5.74) is 1.95. The quantitative estimate of drug-likeness (QED) is 0.294. The lowest BCUT2D eigenvalue weighted by molar-refractivity contribution is 0.262. The number of urea groups is 1. The summed E-state index contributed by atoms with van der Waals surface area (Å²) >= 11 is 1.39. The van der Waals surface area contributed by atoms with Crippen LogP contribution in [0.25, 0.3) is 22.2 Å². The Morgan fingerprint density at radius 3 is 2.67 bits per heavy atom. The molecule has 5 rings (SSSR count). The normalized spacial score (nSPS) is 13.9. The predicted octanol–water partition coefficient (Wildman–Crippen LogP) is 4.89. The first-order valence-electron chi connectivity index (χ1n) is 11.7. The highest BCUT2D eigenvalue weighted by atomic mass is 32.2. The van der Waals surface area contributed by atoms with Crippen molar-refractivity contribution < 1.29 is 9.18 Å². The number of carbonyl (C=O) groups is 1. The maximum atomic E-state index is 14.6.